The van der Waals surface area contributed by atoms with Gasteiger partial charge in [0.25, 0.3) is 5.91 Å². The van der Waals surface area contributed by atoms with Crippen LogP contribution in [-0.2, 0) is 25.5 Å². The van der Waals surface area contributed by atoms with Gasteiger partial charge in [0.05, 0.1) is 0 Å². The van der Waals surface area contributed by atoms with Crippen molar-refractivity contribution >= 4 is 17.8 Å². The maximum Gasteiger partial charge on any atom is 0.336 e. The number of aromatic nitrogens is 1. The van der Waals surface area contributed by atoms with Gasteiger partial charge in [0.2, 0.25) is 5.91 Å². The van der Waals surface area contributed by atoms with Gasteiger partial charge in [0.15, 0.2) is 12.2 Å². The van der Waals surface area contributed by atoms with Gasteiger partial charge in [-0.3, -0.25) is 14.6 Å². The molecule has 3 atom stereocenters. The average molecular weight is 349 g/mol. The van der Waals surface area contributed by atoms with Crippen LogP contribution in [0.15, 0.2) is 24.4 Å². The Kier molecular flexibility index (Phi) is 6.46. The molecule has 1 aromatic heterocycles. The zero-order chi connectivity index (χ0) is 18.4. The molecule has 1 aliphatic rings. The van der Waals surface area contributed by atoms with Gasteiger partial charge in [-0.05, 0) is 24.5 Å². The zero-order valence-corrected chi connectivity index (χ0v) is 14.3. The molecular weight excluding hydrogens is 326 g/mol. The molecule has 0 spiro atoms. The largest absolute Gasteiger partial charge is 0.479 e. The topological polar surface area (TPSA) is 121 Å². The fourth-order valence-electron chi connectivity index (χ4n) is 2.44. The van der Waals surface area contributed by atoms with Crippen LogP contribution in [0.2, 0.25) is 0 Å². The normalized spacial score (nSPS) is 20.0. The molecular formula is C17H23N3O5. The average Bonchev–Trinajstić information content (AvgIpc) is 3.35. The van der Waals surface area contributed by atoms with Crippen LogP contribution < -0.4 is 10.6 Å². The fraction of sp³-hybridized carbons (Fsp3) is 0.529. The van der Waals surface area contributed by atoms with E-state index in [1.807, 2.05) is 32.0 Å². The summed E-state index contributed by atoms with van der Waals surface area (Å²) < 4.78 is 4.81. The van der Waals surface area contributed by atoms with Crippen LogP contribution in [0.25, 0.3) is 0 Å². The zero-order valence-electron chi connectivity index (χ0n) is 14.3. The van der Waals surface area contributed by atoms with Gasteiger partial charge in [-0.1, -0.05) is 19.9 Å². The molecule has 1 fully saturated rings. The Morgan fingerprint density at radius 1 is 1.28 bits per heavy atom. The van der Waals surface area contributed by atoms with Crippen LogP contribution in [0.4, 0.5) is 0 Å². The maximum atomic E-state index is 12.4. The van der Waals surface area contributed by atoms with E-state index in [4.69, 9.17) is 9.84 Å². The van der Waals surface area contributed by atoms with Crippen LogP contribution in [0.3, 0.4) is 0 Å². The van der Waals surface area contributed by atoms with Crippen molar-refractivity contribution in [1.29, 1.82) is 0 Å². The highest BCUT2D eigenvalue weighted by molar-refractivity contribution is 5.95. The fourth-order valence-corrected chi connectivity index (χ4v) is 2.44. The Hall–Kier alpha value is -2.48. The number of aliphatic carboxylic acids is 1. The minimum Gasteiger partial charge on any atom is -0.479 e. The number of amides is 2. The first kappa shape index (κ1) is 18.9. The number of hydrogen-bond donors (Lipinski definition) is 3. The van der Waals surface area contributed by atoms with Crippen molar-refractivity contribution < 1.29 is 24.2 Å². The number of epoxide rings is 1. The van der Waals surface area contributed by atoms with Crippen LogP contribution in [0.1, 0.15) is 26.0 Å². The van der Waals surface area contributed by atoms with E-state index >= 15 is 0 Å². The SMILES string of the molecule is CC(C)CC(NC(=O)[C@H]1O[C@@H]1C(=O)O)C(=O)NCCc1ccccn1. The van der Waals surface area contributed by atoms with Crippen LogP contribution in [0, 0.1) is 5.92 Å². The summed E-state index contributed by atoms with van der Waals surface area (Å²) in [6, 6.07) is 4.84. The molecule has 136 valence electrons. The number of pyridine rings is 1. The van der Waals surface area contributed by atoms with Crippen molar-refractivity contribution in [3.8, 4) is 0 Å². The molecule has 8 heteroatoms. The van der Waals surface area contributed by atoms with E-state index in [2.05, 4.69) is 15.6 Å². The third kappa shape index (κ3) is 5.82. The minimum atomic E-state index is -1.18. The number of ether oxygens (including phenoxy) is 1. The number of hydrogen-bond acceptors (Lipinski definition) is 5. The van der Waals surface area contributed by atoms with E-state index in [0.717, 1.165) is 5.69 Å². The molecule has 2 rings (SSSR count). The Morgan fingerprint density at radius 3 is 2.60 bits per heavy atom. The number of carbonyl (C=O) groups excluding carboxylic acids is 2. The van der Waals surface area contributed by atoms with Crippen LogP contribution in [0.5, 0.6) is 0 Å². The number of carboxylic acid groups (broad SMARTS) is 1. The molecule has 3 N–H and O–H groups in total. The molecule has 0 aromatic carbocycles. The molecule has 0 saturated carbocycles. The summed E-state index contributed by atoms with van der Waals surface area (Å²) in [5, 5.41) is 14.2. The summed E-state index contributed by atoms with van der Waals surface area (Å²) in [5.41, 5.74) is 0.864. The summed E-state index contributed by atoms with van der Waals surface area (Å²) in [5.74, 6) is -1.87. The van der Waals surface area contributed by atoms with Crippen molar-refractivity contribution in [2.45, 2.75) is 44.9 Å². The second kappa shape index (κ2) is 8.57. The minimum absolute atomic E-state index is 0.183. The van der Waals surface area contributed by atoms with Crippen molar-refractivity contribution in [2.24, 2.45) is 5.92 Å². The van der Waals surface area contributed by atoms with E-state index in [1.54, 1.807) is 6.20 Å². The monoisotopic (exact) mass is 349 g/mol. The lowest BCUT2D eigenvalue weighted by Gasteiger charge is -2.19. The van der Waals surface area contributed by atoms with Crippen LogP contribution in [-0.4, -0.2) is 52.7 Å². The number of nitrogens with one attached hydrogen (secondary N) is 2. The molecule has 1 saturated heterocycles. The molecule has 0 radical (unpaired) electrons. The Labute approximate surface area is 146 Å². The molecule has 1 unspecified atom stereocenters. The lowest BCUT2D eigenvalue weighted by molar-refractivity contribution is -0.138. The van der Waals surface area contributed by atoms with E-state index in [0.29, 0.717) is 19.4 Å². The van der Waals surface area contributed by atoms with Crippen molar-refractivity contribution in [1.82, 2.24) is 15.6 Å². The lowest BCUT2D eigenvalue weighted by atomic mass is 10.0. The summed E-state index contributed by atoms with van der Waals surface area (Å²) in [6.07, 6.45) is 0.585. The summed E-state index contributed by atoms with van der Waals surface area (Å²) in [6.45, 7) is 4.28. The molecule has 2 amide bonds. The molecule has 0 bridgehead atoms. The quantitative estimate of drug-likeness (QED) is 0.545. The van der Waals surface area contributed by atoms with Crippen molar-refractivity contribution in [3.05, 3.63) is 30.1 Å². The second-order valence-corrected chi connectivity index (χ2v) is 6.37. The van der Waals surface area contributed by atoms with Gasteiger partial charge >= 0.3 is 5.97 Å². The number of rotatable bonds is 9. The third-order valence-electron chi connectivity index (χ3n) is 3.74. The van der Waals surface area contributed by atoms with Gasteiger partial charge < -0.3 is 20.5 Å². The molecule has 1 aromatic rings. The summed E-state index contributed by atoms with van der Waals surface area (Å²) in [7, 11) is 0. The molecule has 25 heavy (non-hydrogen) atoms. The van der Waals surface area contributed by atoms with Gasteiger partial charge in [-0.15, -0.1) is 0 Å². The van der Waals surface area contributed by atoms with E-state index in [-0.39, 0.29) is 11.8 Å². The lowest BCUT2D eigenvalue weighted by Crippen LogP contribution is -2.49. The van der Waals surface area contributed by atoms with Gasteiger partial charge in [0.1, 0.15) is 6.04 Å². The highest BCUT2D eigenvalue weighted by Crippen LogP contribution is 2.22. The van der Waals surface area contributed by atoms with Gasteiger partial charge in [-0.25, -0.2) is 4.79 Å². The standard InChI is InChI=1S/C17H23N3O5/c1-10(2)9-12(20-16(22)13-14(25-13)17(23)24)15(21)19-8-6-11-5-3-4-7-18-11/h3-5,7,10,12-14H,6,8-9H2,1-2H3,(H,19,21)(H,20,22)(H,23,24)/t12?,13-,14-/m0/s1. The smallest absolute Gasteiger partial charge is 0.336 e. The predicted octanol–water partition coefficient (Wildman–Crippen LogP) is 0.123. The van der Waals surface area contributed by atoms with E-state index in [1.165, 1.54) is 0 Å². The first-order valence-electron chi connectivity index (χ1n) is 8.24. The maximum absolute atomic E-state index is 12.4. The summed E-state index contributed by atoms with van der Waals surface area (Å²) in [4.78, 5) is 39.3. The molecule has 1 aliphatic heterocycles. The number of nitrogens with zero attached hydrogens (tertiary/aromatic N) is 1. The van der Waals surface area contributed by atoms with E-state index in [9.17, 15) is 14.4 Å². The number of carbonyl (C=O) groups is 3. The Bertz CT molecular complexity index is 620. The van der Waals surface area contributed by atoms with E-state index < -0.39 is 30.1 Å². The highest BCUT2D eigenvalue weighted by atomic mass is 16.6. The second-order valence-electron chi connectivity index (χ2n) is 6.37. The van der Waals surface area contributed by atoms with Crippen molar-refractivity contribution in [2.75, 3.05) is 6.54 Å². The number of carboxylic acids is 1. The first-order valence-corrected chi connectivity index (χ1v) is 8.24. The van der Waals surface area contributed by atoms with Crippen molar-refractivity contribution in [3.63, 3.8) is 0 Å². The predicted molar refractivity (Wildman–Crippen MR) is 88.6 cm³/mol. The van der Waals surface area contributed by atoms with Crippen LogP contribution >= 0.6 is 0 Å². The molecule has 8 nitrogen and oxygen atoms in total. The molecule has 2 heterocycles. The van der Waals surface area contributed by atoms with Gasteiger partial charge in [-0.2, -0.15) is 0 Å². The highest BCUT2D eigenvalue weighted by Gasteiger charge is 2.51. The third-order valence-corrected chi connectivity index (χ3v) is 3.74. The summed E-state index contributed by atoms with van der Waals surface area (Å²) >= 11 is 0. The molecule has 0 aliphatic carbocycles. The first-order chi connectivity index (χ1) is 11.9. The van der Waals surface area contributed by atoms with Gasteiger partial charge in [0, 0.05) is 24.9 Å². The Balaban J connectivity index is 1.84. The Morgan fingerprint density at radius 2 is 2.04 bits per heavy atom.